The first-order valence-electron chi connectivity index (χ1n) is 5.90. The highest BCUT2D eigenvalue weighted by Crippen LogP contribution is 2.05. The summed E-state index contributed by atoms with van der Waals surface area (Å²) in [6, 6.07) is -0.701. The van der Waals surface area contributed by atoms with Gasteiger partial charge in [-0.25, -0.2) is 0 Å². The Hall–Kier alpha value is -1.18. The minimum atomic E-state index is -0.701. The zero-order chi connectivity index (χ0) is 13.5. The Morgan fingerprint density at radius 2 is 2.11 bits per heavy atom. The van der Waals surface area contributed by atoms with E-state index in [9.17, 15) is 9.59 Å². The van der Waals surface area contributed by atoms with E-state index in [4.69, 9.17) is 15.2 Å². The topological polar surface area (TPSA) is 85.1 Å². The number of hydrogen-bond donors (Lipinski definition) is 1. The van der Waals surface area contributed by atoms with Crippen LogP contribution in [0.4, 0.5) is 0 Å². The van der Waals surface area contributed by atoms with Crippen LogP contribution in [0.25, 0.3) is 0 Å². The van der Waals surface area contributed by atoms with E-state index >= 15 is 0 Å². The summed E-state index contributed by atoms with van der Waals surface area (Å²) in [4.78, 5) is 26.9. The van der Waals surface area contributed by atoms with Crippen molar-refractivity contribution < 1.29 is 19.1 Å². The van der Waals surface area contributed by atoms with Crippen LogP contribution >= 0.6 is 0 Å². The second-order valence-electron chi connectivity index (χ2n) is 4.20. The highest BCUT2D eigenvalue weighted by atomic mass is 16.5. The predicted molar refractivity (Wildman–Crippen MR) is 64.9 cm³/mol. The van der Waals surface area contributed by atoms with E-state index in [1.54, 1.807) is 12.0 Å². The third kappa shape index (κ3) is 3.94. The summed E-state index contributed by atoms with van der Waals surface area (Å²) in [6.07, 6.45) is 0. The maximum Gasteiger partial charge on any atom is 0.242 e. The first-order valence-corrected chi connectivity index (χ1v) is 5.90. The average molecular weight is 259 g/mol. The van der Waals surface area contributed by atoms with Crippen LogP contribution in [0.15, 0.2) is 0 Å². The maximum absolute atomic E-state index is 11.9. The molecule has 0 aromatic rings. The van der Waals surface area contributed by atoms with Gasteiger partial charge < -0.3 is 25.0 Å². The molecule has 2 N–H and O–H groups in total. The summed E-state index contributed by atoms with van der Waals surface area (Å²) in [5, 5.41) is 0. The first kappa shape index (κ1) is 14.9. The van der Waals surface area contributed by atoms with Crippen LogP contribution in [0, 0.1) is 0 Å². The van der Waals surface area contributed by atoms with Crippen LogP contribution in [-0.2, 0) is 19.1 Å². The lowest BCUT2D eigenvalue weighted by atomic mass is 10.2. The minimum absolute atomic E-state index is 0.0729. The van der Waals surface area contributed by atoms with Crippen molar-refractivity contribution in [2.45, 2.75) is 6.04 Å². The van der Waals surface area contributed by atoms with Gasteiger partial charge in [-0.05, 0) is 0 Å². The molecule has 104 valence electrons. The molecule has 0 saturated carbocycles. The van der Waals surface area contributed by atoms with Crippen LogP contribution < -0.4 is 5.73 Å². The Morgan fingerprint density at radius 1 is 1.39 bits per heavy atom. The molecule has 0 aromatic heterocycles. The molecule has 1 aliphatic heterocycles. The van der Waals surface area contributed by atoms with Crippen LogP contribution in [0.2, 0.25) is 0 Å². The number of hydrogen-bond acceptors (Lipinski definition) is 5. The maximum atomic E-state index is 11.9. The zero-order valence-corrected chi connectivity index (χ0v) is 10.9. The lowest BCUT2D eigenvalue weighted by Gasteiger charge is -2.35. The summed E-state index contributed by atoms with van der Waals surface area (Å²) in [7, 11) is 3.08. The Bertz CT molecular complexity index is 298. The summed E-state index contributed by atoms with van der Waals surface area (Å²) in [6.45, 7) is 2.33. The normalized spacial score (nSPS) is 18.1. The van der Waals surface area contributed by atoms with Gasteiger partial charge in [-0.1, -0.05) is 0 Å². The van der Waals surface area contributed by atoms with Gasteiger partial charge in [-0.15, -0.1) is 0 Å². The fourth-order valence-corrected chi connectivity index (χ4v) is 1.82. The van der Waals surface area contributed by atoms with Crippen molar-refractivity contribution in [3.63, 3.8) is 0 Å². The van der Waals surface area contributed by atoms with Gasteiger partial charge in [0.15, 0.2) is 0 Å². The molecule has 1 rings (SSSR count). The van der Waals surface area contributed by atoms with E-state index in [2.05, 4.69) is 0 Å². The number of piperazine rings is 1. The molecule has 0 aliphatic carbocycles. The Labute approximate surface area is 107 Å². The molecule has 7 nitrogen and oxygen atoms in total. The fraction of sp³-hybridized carbons (Fsp3) is 0.818. The summed E-state index contributed by atoms with van der Waals surface area (Å²) < 4.78 is 9.76. The minimum Gasteiger partial charge on any atom is -0.383 e. The molecule has 7 heteroatoms. The fourth-order valence-electron chi connectivity index (χ4n) is 1.82. The van der Waals surface area contributed by atoms with Crippen molar-refractivity contribution in [2.75, 3.05) is 53.6 Å². The number of ether oxygens (including phenoxy) is 2. The number of carbonyl (C=O) groups is 2. The van der Waals surface area contributed by atoms with Crippen molar-refractivity contribution in [2.24, 2.45) is 5.73 Å². The van der Waals surface area contributed by atoms with Crippen LogP contribution in [0.5, 0.6) is 0 Å². The number of nitrogens with two attached hydrogens (primary N) is 1. The molecule has 2 amide bonds. The lowest BCUT2D eigenvalue weighted by Crippen LogP contribution is -2.56. The van der Waals surface area contributed by atoms with E-state index < -0.39 is 6.04 Å². The molecule has 1 unspecified atom stereocenters. The van der Waals surface area contributed by atoms with Crippen molar-refractivity contribution in [3.05, 3.63) is 0 Å². The molecule has 1 heterocycles. The second kappa shape index (κ2) is 7.30. The van der Waals surface area contributed by atoms with Gasteiger partial charge in [-0.3, -0.25) is 9.59 Å². The zero-order valence-electron chi connectivity index (χ0n) is 10.9. The van der Waals surface area contributed by atoms with Gasteiger partial charge in [0, 0.05) is 33.9 Å². The second-order valence-corrected chi connectivity index (χ2v) is 4.20. The molecule has 0 aromatic carbocycles. The summed E-state index contributed by atoms with van der Waals surface area (Å²) >= 11 is 0. The van der Waals surface area contributed by atoms with Crippen molar-refractivity contribution in [1.29, 1.82) is 0 Å². The van der Waals surface area contributed by atoms with E-state index in [0.717, 1.165) is 0 Å². The van der Waals surface area contributed by atoms with E-state index in [-0.39, 0.29) is 25.0 Å². The molecular formula is C11H21N3O4. The molecule has 1 fully saturated rings. The molecule has 0 radical (unpaired) electrons. The predicted octanol–water partition coefficient (Wildman–Crippen LogP) is -1.72. The summed E-state index contributed by atoms with van der Waals surface area (Å²) in [5.74, 6) is -0.312. The number of nitrogens with zero attached hydrogens (tertiary/aromatic N) is 2. The van der Waals surface area contributed by atoms with Gasteiger partial charge >= 0.3 is 0 Å². The largest absolute Gasteiger partial charge is 0.383 e. The molecular weight excluding hydrogens is 238 g/mol. The standard InChI is InChI=1S/C11H21N3O4/c1-17-6-5-13-3-4-14(7-10(13)15)11(16)9(12)8-18-2/h9H,3-8,12H2,1-2H3. The molecule has 1 atom stereocenters. The molecule has 1 aliphatic rings. The van der Waals surface area contributed by atoms with Crippen LogP contribution in [0.1, 0.15) is 0 Å². The van der Waals surface area contributed by atoms with Crippen LogP contribution in [0.3, 0.4) is 0 Å². The number of methoxy groups -OCH3 is 2. The van der Waals surface area contributed by atoms with Crippen molar-refractivity contribution in [1.82, 2.24) is 9.80 Å². The van der Waals surface area contributed by atoms with Gasteiger partial charge in [0.2, 0.25) is 11.8 Å². The van der Waals surface area contributed by atoms with Gasteiger partial charge in [-0.2, -0.15) is 0 Å². The Morgan fingerprint density at radius 3 is 2.67 bits per heavy atom. The average Bonchev–Trinajstić information content (AvgIpc) is 2.36. The van der Waals surface area contributed by atoms with E-state index in [1.807, 2.05) is 0 Å². The Balaban J connectivity index is 2.45. The number of carbonyl (C=O) groups excluding carboxylic acids is 2. The quantitative estimate of drug-likeness (QED) is 0.613. The summed E-state index contributed by atoms with van der Waals surface area (Å²) in [5.41, 5.74) is 5.66. The molecule has 0 bridgehead atoms. The SMILES string of the molecule is COCCN1CCN(C(=O)C(N)COC)CC1=O. The lowest BCUT2D eigenvalue weighted by molar-refractivity contribution is -0.146. The highest BCUT2D eigenvalue weighted by Gasteiger charge is 2.29. The molecule has 18 heavy (non-hydrogen) atoms. The van der Waals surface area contributed by atoms with Crippen LogP contribution in [-0.4, -0.2) is 81.3 Å². The monoisotopic (exact) mass is 259 g/mol. The number of amides is 2. The van der Waals surface area contributed by atoms with Gasteiger partial charge in [0.05, 0.1) is 19.8 Å². The van der Waals surface area contributed by atoms with E-state index in [0.29, 0.717) is 26.2 Å². The molecule has 1 saturated heterocycles. The van der Waals surface area contributed by atoms with Crippen molar-refractivity contribution >= 4 is 11.8 Å². The smallest absolute Gasteiger partial charge is 0.242 e. The first-order chi connectivity index (χ1) is 8.60. The van der Waals surface area contributed by atoms with E-state index in [1.165, 1.54) is 12.0 Å². The number of rotatable bonds is 6. The van der Waals surface area contributed by atoms with Gasteiger partial charge in [0.25, 0.3) is 0 Å². The third-order valence-corrected chi connectivity index (χ3v) is 2.86. The molecule has 0 spiro atoms. The van der Waals surface area contributed by atoms with Crippen molar-refractivity contribution in [3.8, 4) is 0 Å². The highest BCUT2D eigenvalue weighted by molar-refractivity contribution is 5.88. The Kier molecular flexibility index (Phi) is 6.03. The third-order valence-electron chi connectivity index (χ3n) is 2.86. The van der Waals surface area contributed by atoms with Gasteiger partial charge in [0.1, 0.15) is 6.04 Å².